The zero-order chi connectivity index (χ0) is 22.3. The number of carbonyl (C=O) groups excluding carboxylic acids is 1. The van der Waals surface area contributed by atoms with Gasteiger partial charge in [-0.15, -0.1) is 0 Å². The number of nitrogens with zero attached hydrogens (tertiary/aromatic N) is 4. The van der Waals surface area contributed by atoms with Gasteiger partial charge in [0.05, 0.1) is 17.6 Å². The minimum absolute atomic E-state index is 0.245. The Morgan fingerprint density at radius 3 is 2.44 bits per heavy atom. The van der Waals surface area contributed by atoms with Gasteiger partial charge in [-0.05, 0) is 70.0 Å². The van der Waals surface area contributed by atoms with Crippen LogP contribution in [0.15, 0.2) is 54.6 Å². The van der Waals surface area contributed by atoms with E-state index in [0.717, 1.165) is 62.7 Å². The summed E-state index contributed by atoms with van der Waals surface area (Å²) in [6.45, 7) is 9.53. The Balaban J connectivity index is 1.40. The van der Waals surface area contributed by atoms with Gasteiger partial charge in [-0.2, -0.15) is 0 Å². The van der Waals surface area contributed by atoms with E-state index in [-0.39, 0.29) is 5.91 Å². The molecule has 0 bridgehead atoms. The maximum atomic E-state index is 12.4. The van der Waals surface area contributed by atoms with E-state index in [1.165, 1.54) is 5.52 Å². The van der Waals surface area contributed by atoms with Crippen molar-refractivity contribution >= 4 is 16.9 Å². The first-order valence-corrected chi connectivity index (χ1v) is 11.8. The predicted molar refractivity (Wildman–Crippen MR) is 128 cm³/mol. The van der Waals surface area contributed by atoms with Crippen LogP contribution >= 0.6 is 0 Å². The van der Waals surface area contributed by atoms with Crippen LogP contribution in [0.1, 0.15) is 32.5 Å². The number of carbonyl (C=O) groups is 1. The van der Waals surface area contributed by atoms with Gasteiger partial charge in [0.1, 0.15) is 18.2 Å². The Morgan fingerprint density at radius 1 is 1.03 bits per heavy atom. The molecule has 1 saturated heterocycles. The summed E-state index contributed by atoms with van der Waals surface area (Å²) in [7, 11) is 0. The lowest BCUT2D eigenvalue weighted by Crippen LogP contribution is -2.43. The summed E-state index contributed by atoms with van der Waals surface area (Å²) in [6, 6.07) is 18.2. The average Bonchev–Trinajstić information content (AvgIpc) is 3.18. The maximum absolute atomic E-state index is 12.4. The molecule has 0 spiro atoms. The molecular weight excluding hydrogens is 400 g/mol. The number of fused-ring (bicyclic) bond motifs is 1. The van der Waals surface area contributed by atoms with Gasteiger partial charge in [-0.3, -0.25) is 9.69 Å². The van der Waals surface area contributed by atoms with Gasteiger partial charge in [0.15, 0.2) is 0 Å². The number of para-hydroxylation sites is 3. The number of likely N-dealkylation sites (tertiary alicyclic amines) is 1. The standard InChI is InChI=1S/C26H34N4O2/c1-3-29(4-2)26(31)19-28-16-14-21(15-17-28)18-30-24-13-9-8-12-23(24)27-25(30)20-32-22-10-6-5-7-11-22/h5-13,21H,3-4,14-20H2,1-2H3. The van der Waals surface area contributed by atoms with Crippen molar-refractivity contribution in [2.75, 3.05) is 32.7 Å². The van der Waals surface area contributed by atoms with Gasteiger partial charge < -0.3 is 14.2 Å². The molecule has 1 aliphatic rings. The Labute approximate surface area is 190 Å². The fraction of sp³-hybridized carbons (Fsp3) is 0.462. The van der Waals surface area contributed by atoms with Crippen molar-refractivity contribution < 1.29 is 9.53 Å². The molecule has 1 amide bonds. The molecule has 2 aromatic carbocycles. The van der Waals surface area contributed by atoms with Gasteiger partial charge in [-0.1, -0.05) is 30.3 Å². The highest BCUT2D eigenvalue weighted by atomic mass is 16.5. The highest BCUT2D eigenvalue weighted by Crippen LogP contribution is 2.24. The van der Waals surface area contributed by atoms with Crippen LogP contribution in [0.2, 0.25) is 0 Å². The van der Waals surface area contributed by atoms with Crippen LogP contribution < -0.4 is 4.74 Å². The normalized spacial score (nSPS) is 15.2. The summed E-state index contributed by atoms with van der Waals surface area (Å²) in [5.74, 6) is 2.64. The monoisotopic (exact) mass is 434 g/mol. The smallest absolute Gasteiger partial charge is 0.236 e. The lowest BCUT2D eigenvalue weighted by atomic mass is 9.96. The molecule has 32 heavy (non-hydrogen) atoms. The van der Waals surface area contributed by atoms with Gasteiger partial charge in [0, 0.05) is 19.6 Å². The minimum atomic E-state index is 0.245. The van der Waals surface area contributed by atoms with E-state index in [4.69, 9.17) is 9.72 Å². The summed E-state index contributed by atoms with van der Waals surface area (Å²) >= 11 is 0. The third-order valence-electron chi connectivity index (χ3n) is 6.47. The van der Waals surface area contributed by atoms with Crippen LogP contribution in [0, 0.1) is 5.92 Å². The van der Waals surface area contributed by atoms with Gasteiger partial charge in [0.25, 0.3) is 0 Å². The molecule has 6 nitrogen and oxygen atoms in total. The second-order valence-corrected chi connectivity index (χ2v) is 8.51. The molecular formula is C26H34N4O2. The molecule has 6 heteroatoms. The molecule has 0 saturated carbocycles. The number of hydrogen-bond acceptors (Lipinski definition) is 4. The second kappa shape index (κ2) is 10.6. The van der Waals surface area contributed by atoms with E-state index in [9.17, 15) is 4.79 Å². The quantitative estimate of drug-likeness (QED) is 0.507. The summed E-state index contributed by atoms with van der Waals surface area (Å²) in [5.41, 5.74) is 2.18. The molecule has 0 radical (unpaired) electrons. The number of aromatic nitrogens is 2. The second-order valence-electron chi connectivity index (χ2n) is 8.51. The number of imidazole rings is 1. The van der Waals surface area contributed by atoms with E-state index >= 15 is 0 Å². The Hall–Kier alpha value is -2.86. The Kier molecular flexibility index (Phi) is 7.43. The summed E-state index contributed by atoms with van der Waals surface area (Å²) in [6.07, 6.45) is 2.19. The Bertz CT molecular complexity index is 1010. The highest BCUT2D eigenvalue weighted by molar-refractivity contribution is 5.78. The maximum Gasteiger partial charge on any atom is 0.236 e. The third kappa shape index (κ3) is 5.30. The van der Waals surface area contributed by atoms with Crippen molar-refractivity contribution in [1.82, 2.24) is 19.4 Å². The minimum Gasteiger partial charge on any atom is -0.486 e. The number of likely N-dealkylation sites (N-methyl/N-ethyl adjacent to an activating group) is 1. The van der Waals surface area contributed by atoms with Crippen molar-refractivity contribution in [1.29, 1.82) is 0 Å². The molecule has 2 heterocycles. The van der Waals surface area contributed by atoms with Crippen molar-refractivity contribution in [3.63, 3.8) is 0 Å². The lowest BCUT2D eigenvalue weighted by Gasteiger charge is -2.33. The highest BCUT2D eigenvalue weighted by Gasteiger charge is 2.24. The van der Waals surface area contributed by atoms with E-state index in [2.05, 4.69) is 27.7 Å². The summed E-state index contributed by atoms with van der Waals surface area (Å²) in [4.78, 5) is 21.5. The van der Waals surface area contributed by atoms with E-state index < -0.39 is 0 Å². The number of benzene rings is 2. The Morgan fingerprint density at radius 2 is 1.72 bits per heavy atom. The first-order chi connectivity index (χ1) is 15.7. The van der Waals surface area contributed by atoms with Gasteiger partial charge in [0.2, 0.25) is 5.91 Å². The molecule has 3 aromatic rings. The fourth-order valence-corrected chi connectivity index (χ4v) is 4.56. The van der Waals surface area contributed by atoms with Crippen molar-refractivity contribution in [2.45, 2.75) is 39.8 Å². The number of piperidine rings is 1. The van der Waals surface area contributed by atoms with E-state index in [1.807, 2.05) is 55.1 Å². The van der Waals surface area contributed by atoms with Gasteiger partial charge >= 0.3 is 0 Å². The molecule has 1 aromatic heterocycles. The molecule has 0 aliphatic carbocycles. The number of rotatable bonds is 9. The van der Waals surface area contributed by atoms with Crippen LogP contribution in [-0.4, -0.2) is 58.0 Å². The predicted octanol–water partition coefficient (Wildman–Crippen LogP) is 4.20. The summed E-state index contributed by atoms with van der Waals surface area (Å²) < 4.78 is 8.36. The van der Waals surface area contributed by atoms with Crippen LogP contribution in [-0.2, 0) is 17.9 Å². The van der Waals surface area contributed by atoms with E-state index in [0.29, 0.717) is 19.1 Å². The topological polar surface area (TPSA) is 50.6 Å². The van der Waals surface area contributed by atoms with Crippen molar-refractivity contribution in [3.05, 3.63) is 60.4 Å². The zero-order valence-electron chi connectivity index (χ0n) is 19.2. The van der Waals surface area contributed by atoms with Crippen LogP contribution in [0.4, 0.5) is 0 Å². The first kappa shape index (κ1) is 22.3. The van der Waals surface area contributed by atoms with E-state index in [1.54, 1.807) is 0 Å². The third-order valence-corrected chi connectivity index (χ3v) is 6.47. The SMILES string of the molecule is CCN(CC)C(=O)CN1CCC(Cn2c(COc3ccccc3)nc3ccccc32)CC1. The lowest BCUT2D eigenvalue weighted by molar-refractivity contribution is -0.132. The van der Waals surface area contributed by atoms with Gasteiger partial charge in [-0.25, -0.2) is 4.98 Å². The number of ether oxygens (including phenoxy) is 1. The molecule has 1 aliphatic heterocycles. The molecule has 0 N–H and O–H groups in total. The van der Waals surface area contributed by atoms with Crippen LogP contribution in [0.3, 0.4) is 0 Å². The molecule has 0 atom stereocenters. The molecule has 4 rings (SSSR count). The molecule has 1 fully saturated rings. The van der Waals surface area contributed by atoms with Crippen molar-refractivity contribution in [3.8, 4) is 5.75 Å². The average molecular weight is 435 g/mol. The first-order valence-electron chi connectivity index (χ1n) is 11.8. The molecule has 0 unspecified atom stereocenters. The largest absolute Gasteiger partial charge is 0.486 e. The van der Waals surface area contributed by atoms with Crippen molar-refractivity contribution in [2.24, 2.45) is 5.92 Å². The zero-order valence-corrected chi connectivity index (χ0v) is 19.2. The fourth-order valence-electron chi connectivity index (χ4n) is 4.56. The number of hydrogen-bond donors (Lipinski definition) is 0. The van der Waals surface area contributed by atoms with Crippen LogP contribution in [0.5, 0.6) is 5.75 Å². The summed E-state index contributed by atoms with van der Waals surface area (Å²) in [5, 5.41) is 0. The van der Waals surface area contributed by atoms with Crippen LogP contribution in [0.25, 0.3) is 11.0 Å². The molecule has 170 valence electrons. The number of amides is 1.